The molecular weight excluding hydrogens is 543 g/mol. The molecule has 2 rings (SSSR count). The lowest BCUT2D eigenvalue weighted by atomic mass is 10.2. The van der Waals surface area contributed by atoms with Crippen molar-refractivity contribution in [1.29, 1.82) is 0 Å². The minimum Gasteiger partial charge on any atom is -0.383 e. The first-order valence-electron chi connectivity index (χ1n) is 8.89. The molecule has 1 aromatic heterocycles. The Morgan fingerprint density at radius 1 is 1.34 bits per heavy atom. The zero-order chi connectivity index (χ0) is 26.7. The average Bonchev–Trinajstić information content (AvgIpc) is 3.05. The van der Waals surface area contributed by atoms with E-state index >= 15 is 0 Å². The molecule has 0 saturated carbocycles. The fraction of sp³-hybridized carbons (Fsp3) is 0.583. The summed E-state index contributed by atoms with van der Waals surface area (Å²) in [6.07, 6.45) is -2.75. The number of nitrogen functional groups attached to an aromatic ring is 1. The van der Waals surface area contributed by atoms with E-state index in [-0.39, 0.29) is 12.2 Å². The van der Waals surface area contributed by atoms with Gasteiger partial charge >= 0.3 is 35.0 Å². The van der Waals surface area contributed by atoms with Crippen molar-refractivity contribution >= 4 is 29.3 Å². The Balaban J connectivity index is 2.24. The molecule has 0 bridgehead atoms. The van der Waals surface area contributed by atoms with Crippen LogP contribution in [-0.4, -0.2) is 53.8 Å². The summed E-state index contributed by atoms with van der Waals surface area (Å²) in [5, 5.41) is 3.21. The van der Waals surface area contributed by atoms with Crippen molar-refractivity contribution in [2.75, 3.05) is 12.3 Å². The maximum absolute atomic E-state index is 12.1. The van der Waals surface area contributed by atoms with Gasteiger partial charge in [-0.2, -0.15) is 13.6 Å². The second kappa shape index (κ2) is 10.8. The van der Waals surface area contributed by atoms with Crippen molar-refractivity contribution in [3.8, 4) is 0 Å². The summed E-state index contributed by atoms with van der Waals surface area (Å²) in [5.74, 6) is -2.19. The highest BCUT2D eigenvalue weighted by molar-refractivity contribution is 7.66. The van der Waals surface area contributed by atoms with E-state index in [1.807, 2.05) is 0 Å². The summed E-state index contributed by atoms with van der Waals surface area (Å²) in [6.45, 7) is 7.32. The Morgan fingerprint density at radius 3 is 2.54 bits per heavy atom. The Labute approximate surface area is 195 Å². The molecule has 1 saturated heterocycles. The van der Waals surface area contributed by atoms with Crippen LogP contribution in [0.3, 0.4) is 0 Å². The molecular formula is C12H18N7O13P3. The summed E-state index contributed by atoms with van der Waals surface area (Å²) in [4.78, 5) is 57.2. The van der Waals surface area contributed by atoms with Crippen molar-refractivity contribution in [2.45, 2.75) is 37.6 Å². The molecule has 2 heterocycles. The summed E-state index contributed by atoms with van der Waals surface area (Å²) in [7, 11) is -16.9. The molecule has 194 valence electrons. The summed E-state index contributed by atoms with van der Waals surface area (Å²) in [5.41, 5.74) is 13.3. The van der Waals surface area contributed by atoms with Crippen molar-refractivity contribution in [2.24, 2.45) is 5.11 Å². The number of rotatable bonds is 11. The highest BCUT2D eigenvalue weighted by Crippen LogP contribution is 2.66. The van der Waals surface area contributed by atoms with Gasteiger partial charge in [0.25, 0.3) is 0 Å². The van der Waals surface area contributed by atoms with E-state index in [9.17, 15) is 28.3 Å². The smallest absolute Gasteiger partial charge is 0.383 e. The van der Waals surface area contributed by atoms with Gasteiger partial charge in [0.05, 0.1) is 12.7 Å². The van der Waals surface area contributed by atoms with Crippen molar-refractivity contribution in [1.82, 2.24) is 9.55 Å². The fourth-order valence-electron chi connectivity index (χ4n) is 2.70. The minimum absolute atomic E-state index is 0.0924. The van der Waals surface area contributed by atoms with Crippen LogP contribution in [0.1, 0.15) is 19.6 Å². The quantitative estimate of drug-likeness (QED) is 0.0818. The number of hydrogen-bond donors (Lipinski definition) is 5. The topological polar surface area (TPSA) is 292 Å². The predicted octanol–water partition coefficient (Wildman–Crippen LogP) is 0.745. The molecule has 1 aliphatic rings. The van der Waals surface area contributed by atoms with Crippen LogP contribution in [0.2, 0.25) is 0 Å². The van der Waals surface area contributed by atoms with Gasteiger partial charge in [0.15, 0.2) is 0 Å². The summed E-state index contributed by atoms with van der Waals surface area (Å²) in [6, 6.07) is 1.27. The lowest BCUT2D eigenvalue weighted by Gasteiger charge is -2.23. The van der Waals surface area contributed by atoms with E-state index in [0.29, 0.717) is 0 Å². The largest absolute Gasteiger partial charge is 0.490 e. The van der Waals surface area contributed by atoms with Gasteiger partial charge in [-0.15, -0.1) is 0 Å². The second-order valence-electron chi connectivity index (χ2n) is 6.69. The van der Waals surface area contributed by atoms with Gasteiger partial charge < -0.3 is 30.0 Å². The standard InChI is InChI=1S/C12H18N7O13P3/c1-12(15-2,17-18-14)30-7-5-10(19-4-3-9(13)16-11(19)20)29-8(7)6-28-34(24,25)32-35(26,27)31-33(21,22)23/h3-4,7-8,10H,5-6H2,1H3,(H,24,25)(H,26,27)(H2,13,16,20)(H2,21,22,23)/t7?,8-,10-,12?/m1/s1. The fourth-order valence-corrected chi connectivity index (χ4v) is 5.73. The average molecular weight is 561 g/mol. The molecule has 35 heavy (non-hydrogen) atoms. The molecule has 6 N–H and O–H groups in total. The summed E-state index contributed by atoms with van der Waals surface area (Å²) < 4.78 is 58.0. The van der Waals surface area contributed by atoms with Gasteiger partial charge in [-0.25, -0.2) is 25.1 Å². The zero-order valence-corrected chi connectivity index (χ0v) is 20.0. The molecule has 0 spiro atoms. The number of aromatic nitrogens is 2. The minimum atomic E-state index is -5.76. The van der Waals surface area contributed by atoms with Crippen molar-refractivity contribution in [3.63, 3.8) is 0 Å². The molecule has 20 nitrogen and oxygen atoms in total. The maximum Gasteiger partial charge on any atom is 0.490 e. The van der Waals surface area contributed by atoms with Crippen LogP contribution in [0.5, 0.6) is 0 Å². The first kappa shape index (κ1) is 29.0. The first-order valence-corrected chi connectivity index (χ1v) is 13.4. The SMILES string of the molecule is [C-]#[N+]C(C)(N=[N+]=[N-])OC1C[C@H](n2ccc(N)nc2=O)O[C@@H]1COP(=O)(O)OP(=O)(O)OP(=O)(O)O. The Bertz CT molecular complexity index is 1240. The monoisotopic (exact) mass is 561 g/mol. The molecule has 1 aliphatic heterocycles. The van der Waals surface area contributed by atoms with Gasteiger partial charge in [0.2, 0.25) is 0 Å². The molecule has 0 amide bonds. The summed E-state index contributed by atoms with van der Waals surface area (Å²) >= 11 is 0. The van der Waals surface area contributed by atoms with Gasteiger partial charge in [-0.3, -0.25) is 18.7 Å². The normalized spacial score (nSPS) is 25.4. The van der Waals surface area contributed by atoms with Crippen LogP contribution in [0.25, 0.3) is 15.3 Å². The van der Waals surface area contributed by atoms with Gasteiger partial charge in [-0.05, 0) is 11.6 Å². The molecule has 1 aromatic rings. The van der Waals surface area contributed by atoms with E-state index in [1.54, 1.807) is 0 Å². The van der Waals surface area contributed by atoms with Crippen LogP contribution in [0, 0.1) is 6.57 Å². The van der Waals surface area contributed by atoms with Crippen molar-refractivity contribution in [3.05, 3.63) is 44.6 Å². The number of ether oxygens (including phenoxy) is 2. The van der Waals surface area contributed by atoms with E-state index in [0.717, 1.165) is 11.5 Å². The number of nitrogens with two attached hydrogens (primary N) is 1. The third-order valence-electron chi connectivity index (χ3n) is 3.97. The van der Waals surface area contributed by atoms with Gasteiger partial charge in [-0.1, -0.05) is 0 Å². The van der Waals surface area contributed by atoms with E-state index in [1.165, 1.54) is 12.3 Å². The molecule has 0 aliphatic carbocycles. The number of nitrogens with zero attached hydrogens (tertiary/aromatic N) is 6. The van der Waals surface area contributed by atoms with Gasteiger partial charge in [0.1, 0.15) is 18.1 Å². The number of anilines is 1. The lowest BCUT2D eigenvalue weighted by Crippen LogP contribution is -2.35. The highest BCUT2D eigenvalue weighted by atomic mass is 31.3. The number of hydrogen-bond acceptors (Lipinski definition) is 12. The van der Waals surface area contributed by atoms with Gasteiger partial charge in [0, 0.05) is 29.6 Å². The molecule has 4 unspecified atom stereocenters. The zero-order valence-electron chi connectivity index (χ0n) is 17.4. The van der Waals surface area contributed by atoms with Crippen LogP contribution >= 0.6 is 23.5 Å². The second-order valence-corrected chi connectivity index (χ2v) is 11.1. The Kier molecular flexibility index (Phi) is 8.98. The number of azide groups is 1. The molecule has 23 heteroatoms. The lowest BCUT2D eigenvalue weighted by molar-refractivity contribution is -0.0991. The maximum atomic E-state index is 12.1. The van der Waals surface area contributed by atoms with Crippen LogP contribution in [0.15, 0.2) is 22.2 Å². The number of phosphoric ester groups is 1. The molecule has 1 fully saturated rings. The van der Waals surface area contributed by atoms with Crippen LogP contribution < -0.4 is 11.4 Å². The Morgan fingerprint density at radius 2 is 2.00 bits per heavy atom. The predicted molar refractivity (Wildman–Crippen MR) is 110 cm³/mol. The number of phosphoric acid groups is 3. The third kappa shape index (κ3) is 8.76. The molecule has 0 aromatic carbocycles. The highest BCUT2D eigenvalue weighted by Gasteiger charge is 2.46. The van der Waals surface area contributed by atoms with E-state index in [4.69, 9.17) is 37.1 Å². The van der Waals surface area contributed by atoms with Crippen LogP contribution in [-0.2, 0) is 36.3 Å². The molecule has 6 atom stereocenters. The van der Waals surface area contributed by atoms with E-state index in [2.05, 4.69) is 33.0 Å². The molecule has 0 radical (unpaired) electrons. The first-order chi connectivity index (χ1) is 16.0. The Hall–Kier alpha value is -2.19. The van der Waals surface area contributed by atoms with Crippen LogP contribution in [0.4, 0.5) is 5.82 Å². The van der Waals surface area contributed by atoms with Crippen molar-refractivity contribution < 1.29 is 55.9 Å². The van der Waals surface area contributed by atoms with E-state index < -0.39 is 60.0 Å². The third-order valence-corrected chi connectivity index (χ3v) is 7.78.